The highest BCUT2D eigenvalue weighted by molar-refractivity contribution is 5.88. The van der Waals surface area contributed by atoms with Crippen molar-refractivity contribution in [2.45, 2.75) is 38.8 Å². The smallest absolute Gasteiger partial charge is 0.220 e. The molecular formula is C22H30N10O. The number of nitrogen functional groups attached to an aromatic ring is 1. The fourth-order valence-corrected chi connectivity index (χ4v) is 4.73. The van der Waals surface area contributed by atoms with E-state index in [1.54, 1.807) is 6.20 Å². The van der Waals surface area contributed by atoms with Crippen molar-refractivity contribution in [1.29, 1.82) is 0 Å². The molecule has 1 saturated carbocycles. The van der Waals surface area contributed by atoms with Crippen LogP contribution in [0.4, 0.5) is 17.7 Å². The van der Waals surface area contributed by atoms with Crippen molar-refractivity contribution in [2.75, 3.05) is 54.9 Å². The molecule has 5 heterocycles. The van der Waals surface area contributed by atoms with E-state index in [9.17, 15) is 0 Å². The quantitative estimate of drug-likeness (QED) is 0.578. The van der Waals surface area contributed by atoms with E-state index < -0.39 is 0 Å². The van der Waals surface area contributed by atoms with Crippen LogP contribution < -0.4 is 21.3 Å². The average Bonchev–Trinajstić information content (AvgIpc) is 3.42. The van der Waals surface area contributed by atoms with E-state index >= 15 is 0 Å². The molecule has 4 N–H and O–H groups in total. The molecule has 3 aromatic rings. The van der Waals surface area contributed by atoms with Gasteiger partial charge in [-0.25, -0.2) is 24.9 Å². The van der Waals surface area contributed by atoms with Crippen molar-refractivity contribution in [2.24, 2.45) is 11.7 Å². The number of anilines is 3. The molecule has 6 rings (SSSR count). The Hall–Kier alpha value is -3.05. The van der Waals surface area contributed by atoms with Gasteiger partial charge in [-0.2, -0.15) is 0 Å². The molecule has 3 aromatic heterocycles. The lowest BCUT2D eigenvalue weighted by atomic mass is 10.2. The van der Waals surface area contributed by atoms with E-state index in [0.717, 1.165) is 73.3 Å². The molecule has 0 unspecified atom stereocenters. The fraction of sp³-hybridized carbons (Fsp3) is 0.591. The van der Waals surface area contributed by atoms with Gasteiger partial charge in [0, 0.05) is 45.0 Å². The zero-order valence-corrected chi connectivity index (χ0v) is 18.9. The van der Waals surface area contributed by atoms with Gasteiger partial charge in [-0.05, 0) is 32.1 Å². The van der Waals surface area contributed by atoms with Gasteiger partial charge in [-0.1, -0.05) is 0 Å². The molecule has 1 aliphatic carbocycles. The maximum Gasteiger partial charge on any atom is 0.220 e. The third-order valence-corrected chi connectivity index (χ3v) is 6.75. The number of hydrogen-bond donors (Lipinski definition) is 2. The van der Waals surface area contributed by atoms with E-state index in [2.05, 4.69) is 24.3 Å². The molecule has 0 spiro atoms. The summed E-state index contributed by atoms with van der Waals surface area (Å²) in [6.45, 7) is 7.41. The lowest BCUT2D eigenvalue weighted by molar-refractivity contribution is 0.122. The van der Waals surface area contributed by atoms with Gasteiger partial charge < -0.3 is 26.0 Å². The van der Waals surface area contributed by atoms with Crippen LogP contribution in [0.15, 0.2) is 6.20 Å². The minimum absolute atomic E-state index is 0.175. The second kappa shape index (κ2) is 8.07. The predicted molar refractivity (Wildman–Crippen MR) is 126 cm³/mol. The SMILES string of the molecule is Cc1nc(N)ncc1-c1nc(N2CCOCC2)c2nc(N3CC[C@@H](N)C3)n(CC3CC3)c2n1. The summed E-state index contributed by atoms with van der Waals surface area (Å²) in [5.74, 6) is 3.31. The van der Waals surface area contributed by atoms with Gasteiger partial charge in [-0.15, -0.1) is 0 Å². The highest BCUT2D eigenvalue weighted by Gasteiger charge is 2.31. The third-order valence-electron chi connectivity index (χ3n) is 6.75. The van der Waals surface area contributed by atoms with Gasteiger partial charge >= 0.3 is 0 Å². The number of nitrogens with zero attached hydrogens (tertiary/aromatic N) is 8. The number of rotatable bonds is 5. The minimum Gasteiger partial charge on any atom is -0.378 e. The Balaban J connectivity index is 1.56. The Morgan fingerprint density at radius 1 is 1.03 bits per heavy atom. The topological polar surface area (TPSA) is 137 Å². The van der Waals surface area contributed by atoms with Crippen LogP contribution in [0.2, 0.25) is 0 Å². The zero-order chi connectivity index (χ0) is 22.5. The van der Waals surface area contributed by atoms with Crippen molar-refractivity contribution in [1.82, 2.24) is 29.5 Å². The molecule has 0 aromatic carbocycles. The normalized spacial score (nSPS) is 21.3. The first-order valence-electron chi connectivity index (χ1n) is 11.8. The summed E-state index contributed by atoms with van der Waals surface area (Å²) < 4.78 is 7.88. The van der Waals surface area contributed by atoms with Crippen molar-refractivity contribution >= 4 is 28.9 Å². The summed E-state index contributed by atoms with van der Waals surface area (Å²) >= 11 is 0. The maximum atomic E-state index is 6.24. The zero-order valence-electron chi connectivity index (χ0n) is 18.9. The highest BCUT2D eigenvalue weighted by Crippen LogP contribution is 2.37. The Morgan fingerprint density at radius 2 is 1.85 bits per heavy atom. The molecule has 1 atom stereocenters. The van der Waals surface area contributed by atoms with Crippen LogP contribution in [0, 0.1) is 12.8 Å². The Labute approximate surface area is 192 Å². The van der Waals surface area contributed by atoms with Crippen LogP contribution in [0.25, 0.3) is 22.6 Å². The molecule has 11 nitrogen and oxygen atoms in total. The standard InChI is InChI=1S/C22H30N10O/c1-13-16(10-25-21(24)26-13)18-28-19(30-6-8-33-9-7-30)17-20(29-18)32(11-14-2-3-14)22(27-17)31-5-4-15(23)12-31/h10,14-15H,2-9,11-12,23H2,1H3,(H2,24,25,26)/t15-/m1/s1. The van der Waals surface area contributed by atoms with Gasteiger partial charge in [-0.3, -0.25) is 4.57 Å². The summed E-state index contributed by atoms with van der Waals surface area (Å²) in [6.07, 6.45) is 5.18. The Kier molecular flexibility index (Phi) is 5.02. The molecule has 3 aliphatic rings. The van der Waals surface area contributed by atoms with E-state index in [1.807, 2.05) is 6.92 Å². The van der Waals surface area contributed by atoms with Crippen LogP contribution in [-0.4, -0.2) is 74.9 Å². The molecule has 174 valence electrons. The fourth-order valence-electron chi connectivity index (χ4n) is 4.73. The molecular weight excluding hydrogens is 420 g/mol. The lowest BCUT2D eigenvalue weighted by Gasteiger charge is -2.28. The van der Waals surface area contributed by atoms with Gasteiger partial charge in [0.05, 0.1) is 24.5 Å². The van der Waals surface area contributed by atoms with E-state index in [0.29, 0.717) is 25.0 Å². The molecule has 33 heavy (non-hydrogen) atoms. The second-order valence-corrected chi connectivity index (χ2v) is 9.33. The first kappa shape index (κ1) is 20.5. The summed E-state index contributed by atoms with van der Waals surface area (Å²) in [4.78, 5) is 28.3. The molecule has 0 radical (unpaired) electrons. The van der Waals surface area contributed by atoms with Gasteiger partial charge in [0.25, 0.3) is 0 Å². The van der Waals surface area contributed by atoms with Crippen LogP contribution in [-0.2, 0) is 11.3 Å². The average molecular weight is 451 g/mol. The number of imidazole rings is 1. The number of hydrogen-bond acceptors (Lipinski definition) is 10. The molecule has 0 amide bonds. The second-order valence-electron chi connectivity index (χ2n) is 9.33. The van der Waals surface area contributed by atoms with E-state index in [-0.39, 0.29) is 12.0 Å². The monoisotopic (exact) mass is 450 g/mol. The van der Waals surface area contributed by atoms with Crippen molar-refractivity contribution in [3.05, 3.63) is 11.9 Å². The summed E-state index contributed by atoms with van der Waals surface area (Å²) in [5, 5.41) is 0. The van der Waals surface area contributed by atoms with Crippen molar-refractivity contribution < 1.29 is 4.74 Å². The number of fused-ring (bicyclic) bond motifs is 1. The van der Waals surface area contributed by atoms with Crippen LogP contribution >= 0.6 is 0 Å². The number of nitrogens with two attached hydrogens (primary N) is 2. The van der Waals surface area contributed by atoms with Crippen LogP contribution in [0.5, 0.6) is 0 Å². The summed E-state index contributed by atoms with van der Waals surface area (Å²) in [5.41, 5.74) is 15.3. The van der Waals surface area contributed by atoms with Gasteiger partial charge in [0.1, 0.15) is 0 Å². The van der Waals surface area contributed by atoms with Crippen molar-refractivity contribution in [3.8, 4) is 11.4 Å². The van der Waals surface area contributed by atoms with E-state index in [1.165, 1.54) is 12.8 Å². The van der Waals surface area contributed by atoms with Crippen LogP contribution in [0.1, 0.15) is 25.0 Å². The number of morpholine rings is 1. The molecule has 2 saturated heterocycles. The largest absolute Gasteiger partial charge is 0.378 e. The molecule has 11 heteroatoms. The molecule has 0 bridgehead atoms. The lowest BCUT2D eigenvalue weighted by Crippen LogP contribution is -2.37. The third kappa shape index (κ3) is 3.84. The number of aryl methyl sites for hydroxylation is 1. The summed E-state index contributed by atoms with van der Waals surface area (Å²) in [6, 6.07) is 0.175. The first-order chi connectivity index (χ1) is 16.1. The molecule has 2 aliphatic heterocycles. The minimum atomic E-state index is 0.175. The first-order valence-corrected chi connectivity index (χ1v) is 11.8. The number of ether oxygens (including phenoxy) is 1. The predicted octanol–water partition coefficient (Wildman–Crippen LogP) is 0.958. The van der Waals surface area contributed by atoms with Gasteiger partial charge in [0.15, 0.2) is 22.8 Å². The highest BCUT2D eigenvalue weighted by atomic mass is 16.5. The molecule has 3 fully saturated rings. The van der Waals surface area contributed by atoms with E-state index in [4.69, 9.17) is 31.2 Å². The van der Waals surface area contributed by atoms with Crippen LogP contribution in [0.3, 0.4) is 0 Å². The Morgan fingerprint density at radius 3 is 2.55 bits per heavy atom. The number of aromatic nitrogens is 6. The summed E-state index contributed by atoms with van der Waals surface area (Å²) in [7, 11) is 0. The van der Waals surface area contributed by atoms with Crippen molar-refractivity contribution in [3.63, 3.8) is 0 Å². The Bertz CT molecular complexity index is 1180. The van der Waals surface area contributed by atoms with Gasteiger partial charge in [0.2, 0.25) is 11.9 Å². The maximum absolute atomic E-state index is 6.24.